The van der Waals surface area contributed by atoms with Crippen molar-refractivity contribution in [3.63, 3.8) is 0 Å². The summed E-state index contributed by atoms with van der Waals surface area (Å²) in [7, 11) is 7.63. The number of aliphatic imine (C=N–C) groups is 1. The molecular formula is C24H35N5O. The van der Waals surface area contributed by atoms with Gasteiger partial charge in [0.25, 0.3) is 5.91 Å². The summed E-state index contributed by atoms with van der Waals surface area (Å²) in [5, 5.41) is 6.70. The van der Waals surface area contributed by atoms with Crippen LogP contribution >= 0.6 is 0 Å². The van der Waals surface area contributed by atoms with Gasteiger partial charge in [-0.1, -0.05) is 18.2 Å². The van der Waals surface area contributed by atoms with Crippen LogP contribution in [0, 0.1) is 6.92 Å². The average Bonchev–Trinajstić information content (AvgIpc) is 2.72. The third-order valence-corrected chi connectivity index (χ3v) is 4.88. The Balaban J connectivity index is 1.98. The summed E-state index contributed by atoms with van der Waals surface area (Å²) in [6.07, 6.45) is 0.815. The highest BCUT2D eigenvalue weighted by Crippen LogP contribution is 2.18. The maximum absolute atomic E-state index is 12.1. The number of rotatable bonds is 8. The number of nitrogens with one attached hydrogen (secondary N) is 2. The van der Waals surface area contributed by atoms with Crippen molar-refractivity contribution < 1.29 is 4.79 Å². The van der Waals surface area contributed by atoms with E-state index in [1.807, 2.05) is 38.4 Å². The molecule has 0 aromatic heterocycles. The van der Waals surface area contributed by atoms with Crippen LogP contribution in [0.5, 0.6) is 0 Å². The molecule has 0 radical (unpaired) electrons. The Morgan fingerprint density at radius 1 is 1.03 bits per heavy atom. The first-order valence-corrected chi connectivity index (χ1v) is 10.4. The topological polar surface area (TPSA) is 60.0 Å². The quantitative estimate of drug-likeness (QED) is 0.520. The van der Waals surface area contributed by atoms with Crippen LogP contribution in [-0.4, -0.2) is 58.0 Å². The number of guanidine groups is 1. The highest BCUT2D eigenvalue weighted by atomic mass is 16.2. The van der Waals surface area contributed by atoms with Gasteiger partial charge in [-0.3, -0.25) is 4.79 Å². The van der Waals surface area contributed by atoms with E-state index in [4.69, 9.17) is 4.99 Å². The molecule has 0 unspecified atom stereocenters. The van der Waals surface area contributed by atoms with Crippen LogP contribution in [0.1, 0.15) is 34.0 Å². The van der Waals surface area contributed by atoms with E-state index in [0.29, 0.717) is 6.54 Å². The fourth-order valence-corrected chi connectivity index (χ4v) is 3.08. The third kappa shape index (κ3) is 6.79. The second-order valence-electron chi connectivity index (χ2n) is 7.78. The first kappa shape index (κ1) is 23.3. The summed E-state index contributed by atoms with van der Waals surface area (Å²) >= 11 is 0. The molecule has 0 atom stereocenters. The lowest BCUT2D eigenvalue weighted by atomic mass is 10.1. The highest BCUT2D eigenvalue weighted by Gasteiger charge is 2.08. The molecule has 30 heavy (non-hydrogen) atoms. The lowest BCUT2D eigenvalue weighted by molar-refractivity contribution is 0.0827. The number of hydrogen-bond donors (Lipinski definition) is 2. The summed E-state index contributed by atoms with van der Waals surface area (Å²) in [5.41, 5.74) is 5.49. The van der Waals surface area contributed by atoms with Crippen LogP contribution in [-0.2, 0) is 13.0 Å². The van der Waals surface area contributed by atoms with Gasteiger partial charge in [-0.25, -0.2) is 4.99 Å². The van der Waals surface area contributed by atoms with Crippen LogP contribution < -0.4 is 15.5 Å². The highest BCUT2D eigenvalue weighted by molar-refractivity contribution is 5.94. The summed E-state index contributed by atoms with van der Waals surface area (Å²) in [6.45, 7) is 6.35. The number of aryl methyl sites for hydroxylation is 1. The largest absolute Gasteiger partial charge is 0.378 e. The molecule has 0 saturated carbocycles. The van der Waals surface area contributed by atoms with Crippen LogP contribution in [0.15, 0.2) is 47.5 Å². The Morgan fingerprint density at radius 3 is 2.43 bits per heavy atom. The minimum atomic E-state index is 0.0235. The number of anilines is 1. The number of amides is 1. The van der Waals surface area contributed by atoms with Gasteiger partial charge in [-0.05, 0) is 61.2 Å². The lowest BCUT2D eigenvalue weighted by Crippen LogP contribution is -2.38. The van der Waals surface area contributed by atoms with Gasteiger partial charge in [-0.15, -0.1) is 0 Å². The number of carbonyl (C=O) groups is 1. The fraction of sp³-hybridized carbons (Fsp3) is 0.417. The smallest absolute Gasteiger partial charge is 0.253 e. The Hall–Kier alpha value is -3.02. The maximum atomic E-state index is 12.1. The van der Waals surface area contributed by atoms with Gasteiger partial charge in [0.15, 0.2) is 5.96 Å². The van der Waals surface area contributed by atoms with Crippen molar-refractivity contribution in [2.45, 2.75) is 26.8 Å². The third-order valence-electron chi connectivity index (χ3n) is 4.88. The lowest BCUT2D eigenvalue weighted by Gasteiger charge is -2.15. The van der Waals surface area contributed by atoms with E-state index in [1.54, 1.807) is 19.0 Å². The van der Waals surface area contributed by atoms with E-state index in [-0.39, 0.29) is 5.91 Å². The van der Waals surface area contributed by atoms with E-state index < -0.39 is 0 Å². The normalized spacial score (nSPS) is 11.2. The van der Waals surface area contributed by atoms with Crippen molar-refractivity contribution in [1.82, 2.24) is 15.5 Å². The molecule has 0 bridgehead atoms. The zero-order valence-electron chi connectivity index (χ0n) is 19.1. The SMILES string of the molecule is CCNC(=NCc1ccc(N(C)C)cc1C)NCCc1cccc(C(=O)N(C)C)c1. The van der Waals surface area contributed by atoms with E-state index in [0.717, 1.165) is 36.6 Å². The molecule has 162 valence electrons. The molecule has 6 nitrogen and oxygen atoms in total. The van der Waals surface area contributed by atoms with Crippen molar-refractivity contribution in [3.05, 3.63) is 64.7 Å². The van der Waals surface area contributed by atoms with Crippen molar-refractivity contribution in [2.24, 2.45) is 4.99 Å². The molecule has 2 N–H and O–H groups in total. The van der Waals surface area contributed by atoms with E-state index in [9.17, 15) is 4.79 Å². The molecule has 0 saturated heterocycles. The summed E-state index contributed by atoms with van der Waals surface area (Å²) < 4.78 is 0. The standard InChI is InChI=1S/C24H35N5O/c1-7-25-24(27-17-21-11-12-22(28(3)4)15-18(21)2)26-14-13-19-9-8-10-20(16-19)23(30)29(5)6/h8-12,15-16H,7,13-14,17H2,1-6H3,(H2,25,26,27). The van der Waals surface area contributed by atoms with E-state index in [2.05, 4.69) is 47.6 Å². The minimum Gasteiger partial charge on any atom is -0.378 e. The Bertz CT molecular complexity index is 874. The monoisotopic (exact) mass is 409 g/mol. The van der Waals surface area contributed by atoms with Crippen LogP contribution in [0.2, 0.25) is 0 Å². The molecule has 0 heterocycles. The molecule has 1 amide bonds. The van der Waals surface area contributed by atoms with Crippen molar-refractivity contribution in [1.29, 1.82) is 0 Å². The first-order valence-electron chi connectivity index (χ1n) is 10.4. The molecule has 2 rings (SSSR count). The first-order chi connectivity index (χ1) is 14.3. The Labute approximate surface area is 181 Å². The predicted molar refractivity (Wildman–Crippen MR) is 126 cm³/mol. The van der Waals surface area contributed by atoms with Gasteiger partial charge in [0.05, 0.1) is 6.54 Å². The van der Waals surface area contributed by atoms with Gasteiger partial charge in [0.1, 0.15) is 0 Å². The minimum absolute atomic E-state index is 0.0235. The van der Waals surface area contributed by atoms with Gasteiger partial charge in [0.2, 0.25) is 0 Å². The van der Waals surface area contributed by atoms with Crippen molar-refractivity contribution >= 4 is 17.6 Å². The Morgan fingerprint density at radius 2 is 1.80 bits per heavy atom. The van der Waals surface area contributed by atoms with Crippen LogP contribution in [0.25, 0.3) is 0 Å². The summed E-state index contributed by atoms with van der Waals surface area (Å²) in [5.74, 6) is 0.824. The van der Waals surface area contributed by atoms with Gasteiger partial charge in [-0.2, -0.15) is 0 Å². The van der Waals surface area contributed by atoms with Crippen LogP contribution in [0.4, 0.5) is 5.69 Å². The van der Waals surface area contributed by atoms with Gasteiger partial charge < -0.3 is 20.4 Å². The Kier molecular flexibility index (Phi) is 8.71. The van der Waals surface area contributed by atoms with Gasteiger partial charge in [0, 0.05) is 52.5 Å². The predicted octanol–water partition coefficient (Wildman–Crippen LogP) is 3.06. The second-order valence-corrected chi connectivity index (χ2v) is 7.78. The van der Waals surface area contributed by atoms with Crippen molar-refractivity contribution in [2.75, 3.05) is 46.2 Å². The molecule has 0 aliphatic carbocycles. The summed E-state index contributed by atoms with van der Waals surface area (Å²) in [6, 6.07) is 14.3. The molecule has 2 aromatic rings. The molecule has 6 heteroatoms. The fourth-order valence-electron chi connectivity index (χ4n) is 3.08. The zero-order valence-corrected chi connectivity index (χ0v) is 19.1. The average molecular weight is 410 g/mol. The van der Waals surface area contributed by atoms with E-state index >= 15 is 0 Å². The van der Waals surface area contributed by atoms with Crippen molar-refractivity contribution in [3.8, 4) is 0 Å². The number of nitrogens with zero attached hydrogens (tertiary/aromatic N) is 3. The van der Waals surface area contributed by atoms with E-state index in [1.165, 1.54) is 16.8 Å². The summed E-state index contributed by atoms with van der Waals surface area (Å²) in [4.78, 5) is 20.6. The number of hydrogen-bond acceptors (Lipinski definition) is 3. The number of benzene rings is 2. The molecule has 2 aromatic carbocycles. The maximum Gasteiger partial charge on any atom is 0.253 e. The molecule has 0 aliphatic rings. The zero-order chi connectivity index (χ0) is 22.1. The molecule has 0 spiro atoms. The van der Waals surface area contributed by atoms with Gasteiger partial charge >= 0.3 is 0 Å². The molecule has 0 fully saturated rings. The second kappa shape index (κ2) is 11.2. The molecule has 0 aliphatic heterocycles. The molecular weight excluding hydrogens is 374 g/mol. The number of carbonyl (C=O) groups excluding carboxylic acids is 1. The van der Waals surface area contributed by atoms with Crippen LogP contribution in [0.3, 0.4) is 0 Å².